The minimum Gasteiger partial charge on any atom is -0.458 e. The average molecular weight is 260 g/mol. The van der Waals surface area contributed by atoms with Crippen molar-refractivity contribution < 1.29 is 13.9 Å². The van der Waals surface area contributed by atoms with E-state index < -0.39 is 6.17 Å². The Hall–Kier alpha value is -1.90. The molecule has 2 rings (SSSR count). The lowest BCUT2D eigenvalue weighted by atomic mass is 9.89. The van der Waals surface area contributed by atoms with Crippen LogP contribution in [0.2, 0.25) is 0 Å². The van der Waals surface area contributed by atoms with Gasteiger partial charge in [-0.15, -0.1) is 0 Å². The van der Waals surface area contributed by atoms with Gasteiger partial charge in [0.1, 0.15) is 12.8 Å². The largest absolute Gasteiger partial charge is 0.458 e. The van der Waals surface area contributed by atoms with Crippen molar-refractivity contribution in [3.63, 3.8) is 0 Å². The van der Waals surface area contributed by atoms with E-state index in [0.717, 1.165) is 18.4 Å². The van der Waals surface area contributed by atoms with Crippen LogP contribution in [-0.2, 0) is 4.74 Å². The Labute approximate surface area is 112 Å². The molecule has 0 saturated heterocycles. The van der Waals surface area contributed by atoms with Gasteiger partial charge in [-0.05, 0) is 48.6 Å². The summed E-state index contributed by atoms with van der Waals surface area (Å²) in [5.41, 5.74) is 1.92. The topological polar surface area (TPSA) is 26.3 Å². The molecule has 0 bridgehead atoms. The van der Waals surface area contributed by atoms with E-state index in [1.807, 2.05) is 6.07 Å². The van der Waals surface area contributed by atoms with Gasteiger partial charge >= 0.3 is 5.97 Å². The van der Waals surface area contributed by atoms with Crippen LogP contribution in [0, 0.1) is 0 Å². The van der Waals surface area contributed by atoms with Crippen LogP contribution in [0.5, 0.6) is 0 Å². The maximum absolute atomic E-state index is 13.4. The maximum atomic E-state index is 13.4. The number of allylic oxidation sites excluding steroid dienone is 2. The number of esters is 1. The summed E-state index contributed by atoms with van der Waals surface area (Å²) in [5.74, 6) is -0.365. The number of hydrogen-bond acceptors (Lipinski definition) is 2. The molecule has 0 N–H and O–H groups in total. The summed E-state index contributed by atoms with van der Waals surface area (Å²) in [4.78, 5) is 11.7. The zero-order valence-electron chi connectivity index (χ0n) is 10.8. The second-order valence-electron chi connectivity index (χ2n) is 4.58. The molecule has 1 saturated carbocycles. The van der Waals surface area contributed by atoms with Crippen LogP contribution < -0.4 is 0 Å². The first-order chi connectivity index (χ1) is 9.18. The Morgan fingerprint density at radius 2 is 2.16 bits per heavy atom. The smallest absolute Gasteiger partial charge is 0.338 e. The van der Waals surface area contributed by atoms with Crippen molar-refractivity contribution in [1.29, 1.82) is 0 Å². The summed E-state index contributed by atoms with van der Waals surface area (Å²) < 4.78 is 18.6. The van der Waals surface area contributed by atoms with Crippen LogP contribution in [0.3, 0.4) is 0 Å². The molecule has 0 heterocycles. The molecule has 100 valence electrons. The van der Waals surface area contributed by atoms with E-state index in [0.29, 0.717) is 17.6 Å². The van der Waals surface area contributed by atoms with Crippen molar-refractivity contribution in [2.45, 2.75) is 25.4 Å². The molecule has 0 spiro atoms. The quantitative estimate of drug-likeness (QED) is 0.772. The predicted molar refractivity (Wildman–Crippen MR) is 72.7 cm³/mol. The lowest BCUT2D eigenvalue weighted by Gasteiger charge is -2.20. The van der Waals surface area contributed by atoms with Gasteiger partial charge in [0.05, 0.1) is 5.56 Å². The second kappa shape index (κ2) is 6.32. The van der Waals surface area contributed by atoms with Crippen molar-refractivity contribution in [3.8, 4) is 0 Å². The summed E-state index contributed by atoms with van der Waals surface area (Å²) in [7, 11) is 0. The minimum absolute atomic E-state index is 0.162. The molecule has 2 nitrogen and oxygen atoms in total. The highest BCUT2D eigenvalue weighted by Gasteiger charge is 2.20. The zero-order valence-corrected chi connectivity index (χ0v) is 10.8. The van der Waals surface area contributed by atoms with Crippen LogP contribution in [-0.4, -0.2) is 18.7 Å². The van der Waals surface area contributed by atoms with E-state index in [1.54, 1.807) is 30.3 Å². The Morgan fingerprint density at radius 1 is 1.42 bits per heavy atom. The van der Waals surface area contributed by atoms with Gasteiger partial charge < -0.3 is 4.74 Å². The van der Waals surface area contributed by atoms with Gasteiger partial charge in [-0.1, -0.05) is 24.8 Å². The summed E-state index contributed by atoms with van der Waals surface area (Å²) in [6, 6.07) is 8.81. The number of carbonyl (C=O) groups excluding carboxylic acids is 1. The van der Waals surface area contributed by atoms with Gasteiger partial charge in [-0.3, -0.25) is 0 Å². The molecule has 0 unspecified atom stereocenters. The van der Waals surface area contributed by atoms with Crippen LogP contribution in [0.4, 0.5) is 4.39 Å². The number of hydrogen-bond donors (Lipinski definition) is 0. The Balaban J connectivity index is 1.89. The summed E-state index contributed by atoms with van der Waals surface area (Å²) in [6.07, 6.45) is 2.97. The molecule has 19 heavy (non-hydrogen) atoms. The third-order valence-electron chi connectivity index (χ3n) is 3.25. The fraction of sp³-hybridized carbons (Fsp3) is 0.312. The molecular weight excluding hydrogens is 243 g/mol. The number of ether oxygens (including phenoxy) is 1. The third-order valence-corrected chi connectivity index (χ3v) is 3.25. The van der Waals surface area contributed by atoms with Gasteiger partial charge in [0.25, 0.3) is 0 Å². The SMILES string of the molecule is C=C1/C(=C\COC(=O)c2ccccc2)CCC[C@@H]1F. The van der Waals surface area contributed by atoms with E-state index in [9.17, 15) is 9.18 Å². The van der Waals surface area contributed by atoms with Crippen LogP contribution in [0.1, 0.15) is 29.6 Å². The molecule has 1 aliphatic rings. The average Bonchev–Trinajstić information content (AvgIpc) is 2.44. The zero-order chi connectivity index (χ0) is 13.7. The van der Waals surface area contributed by atoms with Crippen molar-refractivity contribution in [2.75, 3.05) is 6.61 Å². The number of alkyl halides is 1. The van der Waals surface area contributed by atoms with Crippen molar-refractivity contribution in [2.24, 2.45) is 0 Å². The van der Waals surface area contributed by atoms with E-state index in [1.165, 1.54) is 0 Å². The lowest BCUT2D eigenvalue weighted by molar-refractivity contribution is 0.0549. The molecule has 1 fully saturated rings. The van der Waals surface area contributed by atoms with E-state index in [4.69, 9.17) is 4.74 Å². The van der Waals surface area contributed by atoms with Crippen LogP contribution in [0.25, 0.3) is 0 Å². The van der Waals surface area contributed by atoms with Gasteiger partial charge in [-0.2, -0.15) is 0 Å². The maximum Gasteiger partial charge on any atom is 0.338 e. The molecule has 0 radical (unpaired) electrons. The highest BCUT2D eigenvalue weighted by Crippen LogP contribution is 2.29. The highest BCUT2D eigenvalue weighted by molar-refractivity contribution is 5.89. The van der Waals surface area contributed by atoms with Gasteiger partial charge in [0.2, 0.25) is 0 Å². The molecule has 3 heteroatoms. The standard InChI is InChI=1S/C16H17FO2/c1-12-13(8-5-9-15(12)17)10-11-19-16(18)14-6-3-2-4-7-14/h2-4,6-7,10,15H,1,5,8-9,11H2/b13-10-/t15-/m0/s1. The number of rotatable bonds is 3. The molecule has 0 aromatic heterocycles. The fourth-order valence-electron chi connectivity index (χ4n) is 2.12. The molecule has 1 aliphatic carbocycles. The number of carbonyl (C=O) groups is 1. The van der Waals surface area contributed by atoms with Crippen molar-refractivity contribution in [3.05, 3.63) is 59.7 Å². The normalized spacial score (nSPS) is 21.4. The predicted octanol–water partition coefficient (Wildman–Crippen LogP) is 3.85. The molecular formula is C16H17FO2. The van der Waals surface area contributed by atoms with Crippen molar-refractivity contribution >= 4 is 5.97 Å². The van der Waals surface area contributed by atoms with Crippen molar-refractivity contribution in [1.82, 2.24) is 0 Å². The van der Waals surface area contributed by atoms with E-state index in [-0.39, 0.29) is 12.6 Å². The molecule has 0 aliphatic heterocycles. The highest BCUT2D eigenvalue weighted by atomic mass is 19.1. The summed E-state index contributed by atoms with van der Waals surface area (Å²) in [6.45, 7) is 3.91. The minimum atomic E-state index is -0.954. The molecule has 1 aromatic rings. The number of benzene rings is 1. The molecule has 1 aromatic carbocycles. The first-order valence-electron chi connectivity index (χ1n) is 6.43. The van der Waals surface area contributed by atoms with Gasteiger partial charge in [0.15, 0.2) is 0 Å². The summed E-state index contributed by atoms with van der Waals surface area (Å²) in [5, 5.41) is 0. The molecule has 1 atom stereocenters. The molecule has 0 amide bonds. The first-order valence-corrected chi connectivity index (χ1v) is 6.43. The fourth-order valence-corrected chi connectivity index (χ4v) is 2.12. The van der Waals surface area contributed by atoms with Crippen LogP contribution >= 0.6 is 0 Å². The lowest BCUT2D eigenvalue weighted by Crippen LogP contribution is -2.13. The Morgan fingerprint density at radius 3 is 2.89 bits per heavy atom. The summed E-state index contributed by atoms with van der Waals surface area (Å²) >= 11 is 0. The van der Waals surface area contributed by atoms with Crippen LogP contribution in [0.15, 0.2) is 54.1 Å². The third kappa shape index (κ3) is 3.53. The monoisotopic (exact) mass is 260 g/mol. The Kier molecular flexibility index (Phi) is 4.50. The van der Waals surface area contributed by atoms with Gasteiger partial charge in [0, 0.05) is 0 Å². The first kappa shape index (κ1) is 13.5. The van der Waals surface area contributed by atoms with Gasteiger partial charge in [-0.25, -0.2) is 9.18 Å². The second-order valence-corrected chi connectivity index (χ2v) is 4.58. The van der Waals surface area contributed by atoms with E-state index >= 15 is 0 Å². The Bertz CT molecular complexity index is 491. The number of halogens is 1. The van der Waals surface area contributed by atoms with E-state index in [2.05, 4.69) is 6.58 Å².